The SMILES string of the molecule is CCc1nn(C)cc1/C(N)=N/O. The molecule has 12 heavy (non-hydrogen) atoms. The van der Waals surface area contributed by atoms with Gasteiger partial charge in [-0.05, 0) is 6.42 Å². The quantitative estimate of drug-likeness (QED) is 0.284. The van der Waals surface area contributed by atoms with Gasteiger partial charge in [-0.1, -0.05) is 12.1 Å². The van der Waals surface area contributed by atoms with Gasteiger partial charge in [-0.3, -0.25) is 4.68 Å². The maximum absolute atomic E-state index is 8.44. The second kappa shape index (κ2) is 3.25. The average Bonchev–Trinajstić information content (AvgIpc) is 2.45. The van der Waals surface area contributed by atoms with E-state index in [-0.39, 0.29) is 5.84 Å². The Labute approximate surface area is 70.5 Å². The molecule has 0 saturated carbocycles. The van der Waals surface area contributed by atoms with Crippen molar-refractivity contribution in [2.45, 2.75) is 13.3 Å². The highest BCUT2D eigenvalue weighted by Crippen LogP contribution is 2.05. The van der Waals surface area contributed by atoms with Gasteiger partial charge in [0, 0.05) is 13.2 Å². The van der Waals surface area contributed by atoms with Crippen molar-refractivity contribution in [3.05, 3.63) is 17.5 Å². The average molecular weight is 168 g/mol. The Balaban J connectivity index is 3.13. The number of rotatable bonds is 2. The van der Waals surface area contributed by atoms with Crippen molar-refractivity contribution in [3.63, 3.8) is 0 Å². The van der Waals surface area contributed by atoms with Crippen LogP contribution >= 0.6 is 0 Å². The fraction of sp³-hybridized carbons (Fsp3) is 0.429. The van der Waals surface area contributed by atoms with Crippen LogP contribution in [-0.4, -0.2) is 20.8 Å². The summed E-state index contributed by atoms with van der Waals surface area (Å²) in [5, 5.41) is 15.5. The molecule has 66 valence electrons. The van der Waals surface area contributed by atoms with Crippen molar-refractivity contribution in [1.82, 2.24) is 9.78 Å². The second-order valence-electron chi connectivity index (χ2n) is 2.50. The molecule has 0 unspecified atom stereocenters. The standard InChI is InChI=1S/C7H12N4O/c1-3-6-5(7(8)10-12)4-11(2)9-6/h4,12H,3H2,1-2H3,(H2,8,10). The summed E-state index contributed by atoms with van der Waals surface area (Å²) < 4.78 is 1.65. The zero-order valence-electron chi connectivity index (χ0n) is 7.15. The third kappa shape index (κ3) is 1.39. The first-order valence-corrected chi connectivity index (χ1v) is 3.69. The van der Waals surface area contributed by atoms with Crippen LogP contribution in [0.15, 0.2) is 11.4 Å². The summed E-state index contributed by atoms with van der Waals surface area (Å²) in [6.45, 7) is 1.97. The van der Waals surface area contributed by atoms with Crippen molar-refractivity contribution in [3.8, 4) is 0 Å². The van der Waals surface area contributed by atoms with Gasteiger partial charge in [-0.15, -0.1) is 0 Å². The Kier molecular flexibility index (Phi) is 2.32. The van der Waals surface area contributed by atoms with Crippen LogP contribution in [0.1, 0.15) is 18.2 Å². The van der Waals surface area contributed by atoms with Crippen LogP contribution in [0.25, 0.3) is 0 Å². The first-order chi connectivity index (χ1) is 5.69. The van der Waals surface area contributed by atoms with E-state index in [0.29, 0.717) is 5.56 Å². The molecule has 0 fully saturated rings. The van der Waals surface area contributed by atoms with E-state index in [2.05, 4.69) is 10.3 Å². The molecule has 0 saturated heterocycles. The summed E-state index contributed by atoms with van der Waals surface area (Å²) in [6, 6.07) is 0. The first kappa shape index (κ1) is 8.58. The van der Waals surface area contributed by atoms with Gasteiger partial charge < -0.3 is 10.9 Å². The van der Waals surface area contributed by atoms with Gasteiger partial charge >= 0.3 is 0 Å². The maximum Gasteiger partial charge on any atom is 0.173 e. The van der Waals surface area contributed by atoms with E-state index in [1.807, 2.05) is 6.92 Å². The predicted molar refractivity (Wildman–Crippen MR) is 45.1 cm³/mol. The molecule has 1 heterocycles. The molecule has 5 nitrogen and oxygen atoms in total. The smallest absolute Gasteiger partial charge is 0.173 e. The monoisotopic (exact) mass is 168 g/mol. The summed E-state index contributed by atoms with van der Waals surface area (Å²) in [4.78, 5) is 0. The van der Waals surface area contributed by atoms with Gasteiger partial charge in [-0.2, -0.15) is 5.10 Å². The Hall–Kier alpha value is -1.52. The molecular formula is C7H12N4O. The lowest BCUT2D eigenvalue weighted by Crippen LogP contribution is -2.14. The van der Waals surface area contributed by atoms with E-state index in [9.17, 15) is 0 Å². The molecule has 0 aliphatic carbocycles. The summed E-state index contributed by atoms with van der Waals surface area (Å²) in [5.74, 6) is 0.111. The third-order valence-electron chi connectivity index (χ3n) is 1.62. The Bertz CT molecular complexity index is 302. The molecule has 0 radical (unpaired) electrons. The molecule has 1 aromatic heterocycles. The minimum Gasteiger partial charge on any atom is -0.409 e. The predicted octanol–water partition coefficient (Wildman–Crippen LogP) is 0.0770. The van der Waals surface area contributed by atoms with Gasteiger partial charge in [0.15, 0.2) is 5.84 Å². The Morgan fingerprint density at radius 2 is 2.50 bits per heavy atom. The van der Waals surface area contributed by atoms with E-state index in [4.69, 9.17) is 10.9 Å². The molecule has 0 atom stereocenters. The van der Waals surface area contributed by atoms with E-state index in [0.717, 1.165) is 12.1 Å². The summed E-state index contributed by atoms with van der Waals surface area (Å²) >= 11 is 0. The van der Waals surface area contributed by atoms with E-state index in [1.165, 1.54) is 0 Å². The van der Waals surface area contributed by atoms with E-state index in [1.54, 1.807) is 17.9 Å². The van der Waals surface area contributed by atoms with Crippen molar-refractivity contribution in [1.29, 1.82) is 0 Å². The van der Waals surface area contributed by atoms with Gasteiger partial charge in [0.1, 0.15) is 0 Å². The lowest BCUT2D eigenvalue weighted by Gasteiger charge is -1.94. The molecule has 1 aromatic rings. The van der Waals surface area contributed by atoms with Crippen molar-refractivity contribution < 1.29 is 5.21 Å². The topological polar surface area (TPSA) is 76.4 Å². The number of oxime groups is 1. The minimum absolute atomic E-state index is 0.111. The molecule has 0 spiro atoms. The lowest BCUT2D eigenvalue weighted by molar-refractivity contribution is 0.318. The number of nitrogens with zero attached hydrogens (tertiary/aromatic N) is 3. The van der Waals surface area contributed by atoms with Gasteiger partial charge in [0.25, 0.3) is 0 Å². The summed E-state index contributed by atoms with van der Waals surface area (Å²) in [7, 11) is 1.80. The number of aryl methyl sites for hydroxylation is 2. The van der Waals surface area contributed by atoms with Crippen LogP contribution in [0.4, 0.5) is 0 Å². The summed E-state index contributed by atoms with van der Waals surface area (Å²) in [5.41, 5.74) is 6.97. The number of amidine groups is 1. The summed E-state index contributed by atoms with van der Waals surface area (Å²) in [6.07, 6.45) is 2.50. The number of hydrogen-bond donors (Lipinski definition) is 2. The molecular weight excluding hydrogens is 156 g/mol. The molecule has 0 amide bonds. The number of hydrogen-bond acceptors (Lipinski definition) is 3. The van der Waals surface area contributed by atoms with E-state index >= 15 is 0 Å². The number of aromatic nitrogens is 2. The van der Waals surface area contributed by atoms with Gasteiger partial charge in [-0.25, -0.2) is 0 Å². The van der Waals surface area contributed by atoms with Crippen LogP contribution < -0.4 is 5.73 Å². The van der Waals surface area contributed by atoms with Crippen LogP contribution in [0.5, 0.6) is 0 Å². The van der Waals surface area contributed by atoms with Crippen molar-refractivity contribution in [2.24, 2.45) is 17.9 Å². The molecule has 1 rings (SSSR count). The van der Waals surface area contributed by atoms with Crippen LogP contribution in [0.2, 0.25) is 0 Å². The highest BCUT2D eigenvalue weighted by atomic mass is 16.4. The maximum atomic E-state index is 8.44. The molecule has 3 N–H and O–H groups in total. The van der Waals surface area contributed by atoms with Crippen molar-refractivity contribution in [2.75, 3.05) is 0 Å². The second-order valence-corrected chi connectivity index (χ2v) is 2.50. The fourth-order valence-corrected chi connectivity index (χ4v) is 1.06. The Morgan fingerprint density at radius 1 is 1.83 bits per heavy atom. The Morgan fingerprint density at radius 3 is 3.00 bits per heavy atom. The molecule has 0 aliphatic rings. The zero-order chi connectivity index (χ0) is 9.14. The normalized spacial score (nSPS) is 12.0. The minimum atomic E-state index is 0.111. The molecule has 0 aliphatic heterocycles. The largest absolute Gasteiger partial charge is 0.409 e. The van der Waals surface area contributed by atoms with Gasteiger partial charge in [0.05, 0.1) is 11.3 Å². The molecule has 0 aromatic carbocycles. The van der Waals surface area contributed by atoms with Gasteiger partial charge in [0.2, 0.25) is 0 Å². The molecule has 0 bridgehead atoms. The van der Waals surface area contributed by atoms with Crippen LogP contribution in [-0.2, 0) is 13.5 Å². The number of nitrogens with two attached hydrogens (primary N) is 1. The fourth-order valence-electron chi connectivity index (χ4n) is 1.06. The zero-order valence-corrected chi connectivity index (χ0v) is 7.15. The highest BCUT2D eigenvalue weighted by molar-refractivity contribution is 5.97. The van der Waals surface area contributed by atoms with Crippen LogP contribution in [0, 0.1) is 0 Å². The van der Waals surface area contributed by atoms with Crippen LogP contribution in [0.3, 0.4) is 0 Å². The molecule has 5 heteroatoms. The highest BCUT2D eigenvalue weighted by Gasteiger charge is 2.08. The lowest BCUT2D eigenvalue weighted by atomic mass is 10.2. The van der Waals surface area contributed by atoms with Crippen molar-refractivity contribution >= 4 is 5.84 Å². The first-order valence-electron chi connectivity index (χ1n) is 3.69. The van der Waals surface area contributed by atoms with E-state index < -0.39 is 0 Å². The third-order valence-corrected chi connectivity index (χ3v) is 1.62.